The van der Waals surface area contributed by atoms with Gasteiger partial charge in [-0.1, -0.05) is 6.92 Å². The Morgan fingerprint density at radius 2 is 1.92 bits per heavy atom. The molecule has 1 N–H and O–H groups in total. The van der Waals surface area contributed by atoms with Crippen LogP contribution in [0.2, 0.25) is 0 Å². The van der Waals surface area contributed by atoms with Gasteiger partial charge in [-0.3, -0.25) is 14.5 Å². The number of amides is 2. The largest absolute Gasteiger partial charge is 0.368 e. The van der Waals surface area contributed by atoms with Crippen molar-refractivity contribution in [2.24, 2.45) is 17.8 Å². The average molecular weight is 349 g/mol. The maximum absolute atomic E-state index is 12.5. The van der Waals surface area contributed by atoms with Crippen molar-refractivity contribution < 1.29 is 14.3 Å². The molecule has 140 valence electrons. The predicted octanol–water partition coefficient (Wildman–Crippen LogP) is 0.859. The van der Waals surface area contributed by atoms with Crippen LogP contribution in [0.25, 0.3) is 0 Å². The van der Waals surface area contributed by atoms with Gasteiger partial charge in [0.2, 0.25) is 11.8 Å². The van der Waals surface area contributed by atoms with Gasteiger partial charge in [-0.2, -0.15) is 0 Å². The van der Waals surface area contributed by atoms with Crippen molar-refractivity contribution in [1.29, 1.82) is 0 Å². The number of carbonyl (C=O) groups is 2. The Labute approximate surface area is 150 Å². The van der Waals surface area contributed by atoms with E-state index in [-0.39, 0.29) is 29.5 Å². The summed E-state index contributed by atoms with van der Waals surface area (Å²) in [6.45, 7) is 9.69. The summed E-state index contributed by atoms with van der Waals surface area (Å²) in [6.07, 6.45) is 3.58. The van der Waals surface area contributed by atoms with E-state index in [1.54, 1.807) is 0 Å². The van der Waals surface area contributed by atoms with E-state index in [0.29, 0.717) is 31.5 Å². The molecule has 6 nitrogen and oxygen atoms in total. The summed E-state index contributed by atoms with van der Waals surface area (Å²) >= 11 is 0. The summed E-state index contributed by atoms with van der Waals surface area (Å²) in [5.74, 6) is 1.90. The Kier molecular flexibility index (Phi) is 4.31. The minimum Gasteiger partial charge on any atom is -0.368 e. The third kappa shape index (κ3) is 3.56. The molecule has 2 aliphatic heterocycles. The molecule has 4 rings (SSSR count). The quantitative estimate of drug-likeness (QED) is 0.800. The first-order valence-electron chi connectivity index (χ1n) is 9.84. The van der Waals surface area contributed by atoms with E-state index in [1.165, 1.54) is 12.8 Å². The highest BCUT2D eigenvalue weighted by molar-refractivity contribution is 5.83. The predicted molar refractivity (Wildman–Crippen MR) is 93.9 cm³/mol. The summed E-state index contributed by atoms with van der Waals surface area (Å²) in [7, 11) is 0. The summed E-state index contributed by atoms with van der Waals surface area (Å²) in [5.41, 5.74) is -0.253. The zero-order chi connectivity index (χ0) is 17.8. The van der Waals surface area contributed by atoms with Crippen molar-refractivity contribution in [2.45, 2.75) is 57.7 Å². The first-order valence-corrected chi connectivity index (χ1v) is 9.84. The second-order valence-electron chi connectivity index (χ2n) is 9.06. The number of hydrogen-bond acceptors (Lipinski definition) is 4. The van der Waals surface area contributed by atoms with Gasteiger partial charge < -0.3 is 15.0 Å². The van der Waals surface area contributed by atoms with Crippen LogP contribution in [0.3, 0.4) is 0 Å². The Hall–Kier alpha value is -1.14. The molecule has 1 spiro atoms. The van der Waals surface area contributed by atoms with Gasteiger partial charge in [-0.25, -0.2) is 0 Å². The number of rotatable bonds is 5. The topological polar surface area (TPSA) is 61.9 Å². The van der Waals surface area contributed by atoms with Crippen LogP contribution in [0, 0.1) is 17.8 Å². The molecule has 4 aliphatic rings. The third-order valence-corrected chi connectivity index (χ3v) is 6.10. The molecule has 25 heavy (non-hydrogen) atoms. The lowest BCUT2D eigenvalue weighted by atomic mass is 9.89. The molecule has 2 saturated heterocycles. The number of nitrogens with one attached hydrogen (secondary N) is 1. The summed E-state index contributed by atoms with van der Waals surface area (Å²) in [5, 5.41) is 3.03. The van der Waals surface area contributed by atoms with E-state index in [0.717, 1.165) is 25.4 Å². The minimum absolute atomic E-state index is 0.0737. The van der Waals surface area contributed by atoms with Crippen LogP contribution >= 0.6 is 0 Å². The van der Waals surface area contributed by atoms with E-state index in [1.807, 2.05) is 18.7 Å². The van der Waals surface area contributed by atoms with Gasteiger partial charge in [0.15, 0.2) is 0 Å². The van der Waals surface area contributed by atoms with Gasteiger partial charge in [0.05, 0.1) is 19.7 Å². The molecular formula is C19H31N3O3. The van der Waals surface area contributed by atoms with Gasteiger partial charge in [-0.05, 0) is 44.9 Å². The van der Waals surface area contributed by atoms with E-state index in [9.17, 15) is 9.59 Å². The fourth-order valence-electron chi connectivity index (χ4n) is 4.23. The summed E-state index contributed by atoms with van der Waals surface area (Å²) < 4.78 is 6.16. The van der Waals surface area contributed by atoms with Crippen molar-refractivity contribution in [3.8, 4) is 0 Å². The van der Waals surface area contributed by atoms with Crippen molar-refractivity contribution >= 4 is 11.8 Å². The second-order valence-corrected chi connectivity index (χ2v) is 9.06. The number of hydrogen-bond donors (Lipinski definition) is 1. The first kappa shape index (κ1) is 17.3. The lowest BCUT2D eigenvalue weighted by Gasteiger charge is -2.55. The average Bonchev–Trinajstić information content (AvgIpc) is 3.41. The van der Waals surface area contributed by atoms with E-state index in [2.05, 4.69) is 17.1 Å². The van der Waals surface area contributed by atoms with E-state index >= 15 is 0 Å². The number of carbonyl (C=O) groups excluding carboxylic acids is 2. The Bertz CT molecular complexity index is 554. The fourth-order valence-corrected chi connectivity index (χ4v) is 4.23. The number of morpholine rings is 1. The van der Waals surface area contributed by atoms with Crippen molar-refractivity contribution in [3.05, 3.63) is 0 Å². The standard InChI is InChI=1S/C19H31N3O3/c1-12(2)20-17(23)16-8-25-19(9-21(16)7-14-4-5-14)10-22(11-19)18(24)15-6-13(15)3/h12-16H,4-11H2,1-3H3,(H,20,23)/t13-,15+,16-/m0/s1. The molecule has 0 radical (unpaired) electrons. The second kappa shape index (κ2) is 6.23. The molecule has 4 fully saturated rings. The lowest BCUT2D eigenvalue weighted by Crippen LogP contribution is -2.74. The van der Waals surface area contributed by atoms with Crippen LogP contribution in [0.1, 0.15) is 40.0 Å². The van der Waals surface area contributed by atoms with Gasteiger partial charge in [0.1, 0.15) is 11.6 Å². The molecule has 0 aromatic carbocycles. The monoisotopic (exact) mass is 349 g/mol. The minimum atomic E-state index is -0.253. The van der Waals surface area contributed by atoms with Crippen LogP contribution < -0.4 is 5.32 Å². The highest BCUT2D eigenvalue weighted by Crippen LogP contribution is 2.42. The zero-order valence-electron chi connectivity index (χ0n) is 15.7. The molecule has 2 aliphatic carbocycles. The third-order valence-electron chi connectivity index (χ3n) is 6.10. The zero-order valence-corrected chi connectivity index (χ0v) is 15.7. The molecular weight excluding hydrogens is 318 g/mol. The van der Waals surface area contributed by atoms with Crippen LogP contribution in [-0.4, -0.2) is 72.1 Å². The molecule has 2 heterocycles. The molecule has 0 aromatic heterocycles. The number of likely N-dealkylation sites (tertiary alicyclic amines) is 1. The van der Waals surface area contributed by atoms with Crippen molar-refractivity contribution in [3.63, 3.8) is 0 Å². The van der Waals surface area contributed by atoms with Crippen LogP contribution in [-0.2, 0) is 14.3 Å². The smallest absolute Gasteiger partial charge is 0.239 e. The summed E-state index contributed by atoms with van der Waals surface area (Å²) in [6, 6.07) is -0.0506. The molecule has 6 heteroatoms. The van der Waals surface area contributed by atoms with Crippen LogP contribution in [0.15, 0.2) is 0 Å². The molecule has 2 saturated carbocycles. The molecule has 0 bridgehead atoms. The lowest BCUT2D eigenvalue weighted by molar-refractivity contribution is -0.205. The first-order chi connectivity index (χ1) is 11.9. The van der Waals surface area contributed by atoms with Crippen molar-refractivity contribution in [1.82, 2.24) is 15.1 Å². The number of nitrogens with zero attached hydrogens (tertiary/aromatic N) is 2. The van der Waals surface area contributed by atoms with Gasteiger partial charge in [0.25, 0.3) is 0 Å². The highest BCUT2D eigenvalue weighted by Gasteiger charge is 2.55. The Morgan fingerprint density at radius 1 is 1.24 bits per heavy atom. The number of ether oxygens (including phenoxy) is 1. The fraction of sp³-hybridized carbons (Fsp3) is 0.895. The van der Waals surface area contributed by atoms with Gasteiger partial charge in [0, 0.05) is 25.0 Å². The Balaban J connectivity index is 1.37. The van der Waals surface area contributed by atoms with Crippen LogP contribution in [0.4, 0.5) is 0 Å². The highest BCUT2D eigenvalue weighted by atomic mass is 16.5. The normalized spacial score (nSPS) is 34.1. The van der Waals surface area contributed by atoms with E-state index < -0.39 is 0 Å². The summed E-state index contributed by atoms with van der Waals surface area (Å²) in [4.78, 5) is 29.2. The Morgan fingerprint density at radius 3 is 2.48 bits per heavy atom. The maximum Gasteiger partial charge on any atom is 0.239 e. The van der Waals surface area contributed by atoms with E-state index in [4.69, 9.17) is 4.74 Å². The van der Waals surface area contributed by atoms with Gasteiger partial charge in [-0.15, -0.1) is 0 Å². The molecule has 0 unspecified atom stereocenters. The molecule has 2 amide bonds. The van der Waals surface area contributed by atoms with Crippen molar-refractivity contribution in [2.75, 3.05) is 32.8 Å². The SMILES string of the molecule is CC(C)NC(=O)[C@@H]1COC2(CN(C(=O)[C@@H]3C[C@@H]3C)C2)CN1CC1CC1. The maximum atomic E-state index is 12.5. The molecule has 3 atom stereocenters. The molecule has 0 aromatic rings. The van der Waals surface area contributed by atoms with Gasteiger partial charge >= 0.3 is 0 Å². The van der Waals surface area contributed by atoms with Crippen LogP contribution in [0.5, 0.6) is 0 Å².